The largest absolute Gasteiger partial charge is 0.224 e. The number of hydrogen-bond donors (Lipinski definition) is 0. The molecule has 2 nitrogen and oxygen atoms in total. The summed E-state index contributed by atoms with van der Waals surface area (Å²) in [6.45, 7) is 1.88. The number of aryl methyl sites for hydroxylation is 1. The quantitative estimate of drug-likeness (QED) is 0.606. The van der Waals surface area contributed by atoms with Gasteiger partial charge in [-0.3, -0.25) is 0 Å². The first-order chi connectivity index (χ1) is 6.65. The van der Waals surface area contributed by atoms with E-state index in [9.17, 15) is 0 Å². The fraction of sp³-hybridized carbons (Fsp3) is 0.333. The van der Waals surface area contributed by atoms with Gasteiger partial charge in [0.25, 0.3) is 0 Å². The van der Waals surface area contributed by atoms with Crippen molar-refractivity contribution in [2.75, 3.05) is 5.75 Å². The summed E-state index contributed by atoms with van der Waals surface area (Å²) >= 11 is 13.2. The molecule has 0 unspecified atom stereocenters. The number of thioether (sulfide) groups is 1. The highest BCUT2D eigenvalue weighted by Gasteiger charge is 2.05. The van der Waals surface area contributed by atoms with E-state index in [4.69, 9.17) is 28.5 Å². The lowest BCUT2D eigenvalue weighted by Gasteiger charge is -2.04. The van der Waals surface area contributed by atoms with E-state index in [0.717, 1.165) is 11.1 Å². The second-order valence-electron chi connectivity index (χ2n) is 2.70. The minimum Gasteiger partial charge on any atom is -0.224 e. The number of hydrogen-bond acceptors (Lipinski definition) is 3. The molecule has 0 aromatic carbocycles. The number of rotatable bonds is 3. The zero-order chi connectivity index (χ0) is 10.6. The lowest BCUT2D eigenvalue weighted by atomic mass is 10.2. The zero-order valence-corrected chi connectivity index (χ0v) is 9.88. The molecule has 0 aliphatic carbocycles. The van der Waals surface area contributed by atoms with Crippen LogP contribution in [0.15, 0.2) is 6.07 Å². The monoisotopic (exact) mass is 246 g/mol. The molecule has 0 spiro atoms. The third-order valence-corrected chi connectivity index (χ3v) is 3.16. The van der Waals surface area contributed by atoms with Gasteiger partial charge in [0.05, 0.1) is 11.8 Å². The first-order valence-electron chi connectivity index (χ1n) is 3.91. The third kappa shape index (κ3) is 3.06. The first-order valence-corrected chi connectivity index (χ1v) is 5.82. The Morgan fingerprint density at radius 2 is 2.21 bits per heavy atom. The number of nitrogens with zero attached hydrogens (tertiary/aromatic N) is 2. The maximum absolute atomic E-state index is 8.37. The van der Waals surface area contributed by atoms with Gasteiger partial charge >= 0.3 is 0 Å². The molecule has 0 saturated heterocycles. The molecule has 0 bridgehead atoms. The predicted octanol–water partition coefficient (Wildman–Crippen LogP) is 3.45. The van der Waals surface area contributed by atoms with E-state index in [1.165, 1.54) is 11.8 Å². The predicted molar refractivity (Wildman–Crippen MR) is 60.8 cm³/mol. The second kappa shape index (κ2) is 5.45. The van der Waals surface area contributed by atoms with Crippen molar-refractivity contribution in [2.24, 2.45) is 0 Å². The summed E-state index contributed by atoms with van der Waals surface area (Å²) in [5, 5.41) is 9.23. The molecule has 14 heavy (non-hydrogen) atoms. The van der Waals surface area contributed by atoms with Gasteiger partial charge in [-0.25, -0.2) is 4.98 Å². The summed E-state index contributed by atoms with van der Waals surface area (Å²) in [7, 11) is 0. The molecule has 0 fully saturated rings. The molecule has 0 atom stereocenters. The Balaban J connectivity index is 2.78. The summed E-state index contributed by atoms with van der Waals surface area (Å²) in [4.78, 5) is 3.99. The number of halogens is 2. The van der Waals surface area contributed by atoms with E-state index in [-0.39, 0.29) is 0 Å². The molecular formula is C9H8Cl2N2S. The van der Waals surface area contributed by atoms with Crippen LogP contribution in [-0.2, 0) is 5.75 Å². The van der Waals surface area contributed by atoms with Crippen LogP contribution < -0.4 is 0 Å². The third-order valence-electron chi connectivity index (χ3n) is 1.60. The maximum Gasteiger partial charge on any atom is 0.134 e. The van der Waals surface area contributed by atoms with Gasteiger partial charge in [0, 0.05) is 5.75 Å². The van der Waals surface area contributed by atoms with Crippen LogP contribution in [0.5, 0.6) is 0 Å². The van der Waals surface area contributed by atoms with Crippen LogP contribution in [0.1, 0.15) is 11.1 Å². The van der Waals surface area contributed by atoms with Crippen LogP contribution in [0.2, 0.25) is 10.3 Å². The van der Waals surface area contributed by atoms with Crippen LogP contribution in [-0.4, -0.2) is 10.7 Å². The SMILES string of the molecule is Cc1cc(CSCC#N)c(Cl)nc1Cl. The van der Waals surface area contributed by atoms with Crippen molar-refractivity contribution in [3.05, 3.63) is 27.5 Å². The Bertz CT molecular complexity index is 374. The van der Waals surface area contributed by atoms with Crippen molar-refractivity contribution in [2.45, 2.75) is 12.7 Å². The van der Waals surface area contributed by atoms with Gasteiger partial charge in [0.2, 0.25) is 0 Å². The fourth-order valence-corrected chi connectivity index (χ4v) is 2.04. The van der Waals surface area contributed by atoms with Crippen LogP contribution >= 0.6 is 35.0 Å². The second-order valence-corrected chi connectivity index (χ2v) is 4.40. The van der Waals surface area contributed by atoms with Gasteiger partial charge in [-0.1, -0.05) is 23.2 Å². The molecule has 5 heteroatoms. The van der Waals surface area contributed by atoms with Crippen molar-refractivity contribution < 1.29 is 0 Å². The minimum absolute atomic E-state index is 0.422. The molecule has 0 N–H and O–H groups in total. The van der Waals surface area contributed by atoms with E-state index in [0.29, 0.717) is 21.8 Å². The summed E-state index contributed by atoms with van der Waals surface area (Å²) < 4.78 is 0. The Hall–Kier alpha value is -0.430. The smallest absolute Gasteiger partial charge is 0.134 e. The normalized spacial score (nSPS) is 9.86. The highest BCUT2D eigenvalue weighted by molar-refractivity contribution is 7.98. The van der Waals surface area contributed by atoms with Gasteiger partial charge in [-0.15, -0.1) is 11.8 Å². The Morgan fingerprint density at radius 1 is 1.50 bits per heavy atom. The highest BCUT2D eigenvalue weighted by Crippen LogP contribution is 2.24. The van der Waals surface area contributed by atoms with Crippen molar-refractivity contribution in [1.82, 2.24) is 4.98 Å². The zero-order valence-electron chi connectivity index (χ0n) is 7.55. The van der Waals surface area contributed by atoms with E-state index in [1.54, 1.807) is 0 Å². The molecule has 1 heterocycles. The number of nitriles is 1. The lowest BCUT2D eigenvalue weighted by Crippen LogP contribution is -1.90. The van der Waals surface area contributed by atoms with Crippen molar-refractivity contribution in [3.8, 4) is 6.07 Å². The average Bonchev–Trinajstić information content (AvgIpc) is 2.14. The molecule has 1 rings (SSSR count). The lowest BCUT2D eigenvalue weighted by molar-refractivity contribution is 1.21. The molecule has 0 aliphatic heterocycles. The van der Waals surface area contributed by atoms with E-state index < -0.39 is 0 Å². The summed E-state index contributed by atoms with van der Waals surface area (Å²) in [5.74, 6) is 1.15. The van der Waals surface area contributed by atoms with Crippen molar-refractivity contribution in [1.29, 1.82) is 5.26 Å². The molecule has 0 aliphatic rings. The molecule has 1 aromatic rings. The maximum atomic E-state index is 8.37. The van der Waals surface area contributed by atoms with Crippen LogP contribution in [0.25, 0.3) is 0 Å². The summed E-state index contributed by atoms with van der Waals surface area (Å²) in [6.07, 6.45) is 0. The van der Waals surface area contributed by atoms with E-state index in [1.807, 2.05) is 13.0 Å². The fourth-order valence-electron chi connectivity index (χ4n) is 0.934. The molecule has 74 valence electrons. The van der Waals surface area contributed by atoms with Gasteiger partial charge in [-0.05, 0) is 24.1 Å². The van der Waals surface area contributed by atoms with Gasteiger partial charge in [0.1, 0.15) is 10.3 Å². The molecule has 1 aromatic heterocycles. The molecular weight excluding hydrogens is 239 g/mol. The van der Waals surface area contributed by atoms with Crippen LogP contribution in [0.3, 0.4) is 0 Å². The van der Waals surface area contributed by atoms with Gasteiger partial charge in [-0.2, -0.15) is 5.26 Å². The topological polar surface area (TPSA) is 36.7 Å². The number of pyridine rings is 1. The minimum atomic E-state index is 0.422. The molecule has 0 amide bonds. The van der Waals surface area contributed by atoms with Gasteiger partial charge < -0.3 is 0 Å². The summed E-state index contributed by atoms with van der Waals surface area (Å²) in [6, 6.07) is 3.96. The Kier molecular flexibility index (Phi) is 4.53. The molecule has 0 saturated carbocycles. The van der Waals surface area contributed by atoms with Crippen LogP contribution in [0.4, 0.5) is 0 Å². The Labute approximate surface area is 97.2 Å². The summed E-state index contributed by atoms with van der Waals surface area (Å²) in [5.41, 5.74) is 1.83. The standard InChI is InChI=1S/C9H8Cl2N2S/c1-6-4-7(5-14-3-2-12)9(11)13-8(6)10/h4H,3,5H2,1H3. The first kappa shape index (κ1) is 11.6. The Morgan fingerprint density at radius 3 is 2.86 bits per heavy atom. The van der Waals surface area contributed by atoms with Crippen LogP contribution in [0, 0.1) is 18.3 Å². The van der Waals surface area contributed by atoms with Crippen molar-refractivity contribution >= 4 is 35.0 Å². The average molecular weight is 247 g/mol. The van der Waals surface area contributed by atoms with E-state index >= 15 is 0 Å². The van der Waals surface area contributed by atoms with Gasteiger partial charge in [0.15, 0.2) is 0 Å². The number of aromatic nitrogens is 1. The highest BCUT2D eigenvalue weighted by atomic mass is 35.5. The molecule has 0 radical (unpaired) electrons. The van der Waals surface area contributed by atoms with E-state index in [2.05, 4.69) is 11.1 Å². The van der Waals surface area contributed by atoms with Crippen molar-refractivity contribution in [3.63, 3.8) is 0 Å².